The topological polar surface area (TPSA) is 72.8 Å². The molecule has 0 spiro atoms. The Morgan fingerprint density at radius 1 is 0.343 bits per heavy atom. The molecular formula is C65H112O5. The van der Waals surface area contributed by atoms with Gasteiger partial charge in [-0.25, -0.2) is 0 Å². The van der Waals surface area contributed by atoms with Crippen molar-refractivity contribution in [3.8, 4) is 0 Å². The van der Waals surface area contributed by atoms with Crippen molar-refractivity contribution in [1.29, 1.82) is 0 Å². The second kappa shape index (κ2) is 60.1. The number of allylic oxidation sites excluding steroid dienone is 16. The van der Waals surface area contributed by atoms with Gasteiger partial charge in [-0.2, -0.15) is 0 Å². The van der Waals surface area contributed by atoms with Crippen LogP contribution in [0.5, 0.6) is 0 Å². The number of rotatable bonds is 54. The SMILES string of the molecule is CC/C=C\C/C=C\C/C=C\C/C=C\C/C=C\C/C=C\C/C=C\CCCCCC(=O)OC(CO)COC(=O)CCCCCCCCCCCCCCCCCCCCC/C=C\CCCCCCCCCC. The Bertz CT molecular complexity index is 1330. The summed E-state index contributed by atoms with van der Waals surface area (Å²) in [6, 6.07) is 0. The van der Waals surface area contributed by atoms with Crippen molar-refractivity contribution in [3.63, 3.8) is 0 Å². The van der Waals surface area contributed by atoms with E-state index in [9.17, 15) is 14.7 Å². The van der Waals surface area contributed by atoms with Crippen molar-refractivity contribution in [2.75, 3.05) is 13.2 Å². The third-order valence-corrected chi connectivity index (χ3v) is 12.9. The molecule has 1 unspecified atom stereocenters. The lowest BCUT2D eigenvalue weighted by molar-refractivity contribution is -0.161. The van der Waals surface area contributed by atoms with Crippen molar-refractivity contribution in [2.45, 2.75) is 290 Å². The van der Waals surface area contributed by atoms with Crippen LogP contribution in [-0.4, -0.2) is 36.4 Å². The summed E-state index contributed by atoms with van der Waals surface area (Å²) in [6.45, 7) is 4.02. The number of unbranched alkanes of at least 4 members (excludes halogenated alkanes) is 30. The number of carbonyl (C=O) groups is 2. The summed E-state index contributed by atoms with van der Waals surface area (Å²) >= 11 is 0. The molecule has 0 radical (unpaired) electrons. The van der Waals surface area contributed by atoms with Crippen LogP contribution in [-0.2, 0) is 19.1 Å². The first-order valence-corrected chi connectivity index (χ1v) is 29.8. The van der Waals surface area contributed by atoms with Gasteiger partial charge in [-0.05, 0) is 96.3 Å². The summed E-state index contributed by atoms with van der Waals surface area (Å²) in [4.78, 5) is 24.5. The highest BCUT2D eigenvalue weighted by Gasteiger charge is 2.16. The molecule has 1 atom stereocenters. The number of ether oxygens (including phenoxy) is 2. The quantitative estimate of drug-likeness (QED) is 0.0373. The minimum Gasteiger partial charge on any atom is -0.462 e. The second-order valence-corrected chi connectivity index (χ2v) is 19.7. The summed E-state index contributed by atoms with van der Waals surface area (Å²) in [5.74, 6) is -0.625. The molecule has 0 heterocycles. The summed E-state index contributed by atoms with van der Waals surface area (Å²) in [5, 5.41) is 9.66. The first-order valence-electron chi connectivity index (χ1n) is 29.8. The lowest BCUT2D eigenvalue weighted by Crippen LogP contribution is -2.28. The molecule has 0 amide bonds. The zero-order valence-corrected chi connectivity index (χ0v) is 46.0. The predicted octanol–water partition coefficient (Wildman–Crippen LogP) is 20.3. The van der Waals surface area contributed by atoms with E-state index in [0.29, 0.717) is 12.8 Å². The summed E-state index contributed by atoms with van der Waals surface area (Å²) < 4.78 is 10.7. The highest BCUT2D eigenvalue weighted by Crippen LogP contribution is 2.16. The Hall–Kier alpha value is -3.18. The first-order chi connectivity index (χ1) is 34.6. The normalized spacial score (nSPS) is 12.9. The molecule has 0 bridgehead atoms. The molecule has 5 heteroatoms. The van der Waals surface area contributed by atoms with Crippen LogP contribution in [0.3, 0.4) is 0 Å². The molecular weight excluding hydrogens is 861 g/mol. The number of hydrogen-bond donors (Lipinski definition) is 1. The van der Waals surface area contributed by atoms with Crippen LogP contribution in [0.4, 0.5) is 0 Å². The van der Waals surface area contributed by atoms with Gasteiger partial charge >= 0.3 is 11.9 Å². The number of aliphatic hydroxyl groups excluding tert-OH is 1. The van der Waals surface area contributed by atoms with E-state index in [1.54, 1.807) is 0 Å². The predicted molar refractivity (Wildman–Crippen MR) is 306 cm³/mol. The van der Waals surface area contributed by atoms with Crippen LogP contribution in [0.1, 0.15) is 284 Å². The van der Waals surface area contributed by atoms with Crippen molar-refractivity contribution < 1.29 is 24.2 Å². The lowest BCUT2D eigenvalue weighted by atomic mass is 10.0. The van der Waals surface area contributed by atoms with Crippen LogP contribution in [0.15, 0.2) is 97.2 Å². The Morgan fingerprint density at radius 2 is 0.614 bits per heavy atom. The van der Waals surface area contributed by atoms with Crippen molar-refractivity contribution in [1.82, 2.24) is 0 Å². The maximum absolute atomic E-state index is 12.3. The first kappa shape index (κ1) is 66.8. The molecule has 0 aliphatic heterocycles. The Morgan fingerprint density at radius 3 is 0.957 bits per heavy atom. The Kier molecular flexibility index (Phi) is 57.4. The molecule has 0 aromatic carbocycles. The highest BCUT2D eigenvalue weighted by molar-refractivity contribution is 5.70. The van der Waals surface area contributed by atoms with Gasteiger partial charge in [-0.3, -0.25) is 9.59 Å². The van der Waals surface area contributed by atoms with E-state index >= 15 is 0 Å². The zero-order chi connectivity index (χ0) is 50.6. The third-order valence-electron chi connectivity index (χ3n) is 12.9. The van der Waals surface area contributed by atoms with E-state index in [1.807, 2.05) is 0 Å². The Labute approximate surface area is 434 Å². The number of aliphatic hydroxyl groups is 1. The minimum absolute atomic E-state index is 0.0826. The minimum atomic E-state index is -0.796. The molecule has 0 aliphatic rings. The molecule has 70 heavy (non-hydrogen) atoms. The van der Waals surface area contributed by atoms with E-state index in [1.165, 1.54) is 167 Å². The molecule has 0 fully saturated rings. The molecule has 402 valence electrons. The summed E-state index contributed by atoms with van der Waals surface area (Å²) in [6.07, 6.45) is 85.4. The van der Waals surface area contributed by atoms with Gasteiger partial charge in [-0.1, -0.05) is 272 Å². The van der Waals surface area contributed by atoms with E-state index in [-0.39, 0.29) is 25.2 Å². The maximum Gasteiger partial charge on any atom is 0.306 e. The summed E-state index contributed by atoms with van der Waals surface area (Å²) in [5.41, 5.74) is 0. The largest absolute Gasteiger partial charge is 0.462 e. The van der Waals surface area contributed by atoms with Gasteiger partial charge in [0.25, 0.3) is 0 Å². The van der Waals surface area contributed by atoms with Gasteiger partial charge < -0.3 is 14.6 Å². The standard InChI is InChI=1S/C65H112O5/c1-3-5-7-9-11-13-15-17-19-21-23-25-27-29-30-31-32-33-34-36-37-39-41-43-45-47-49-51-53-55-57-59-64(67)69-62-63(61-66)70-65(68)60-58-56-54-52-50-48-46-44-42-40-38-35-28-26-24-22-20-18-16-14-12-10-8-6-4-2/h6,8,12,14,18,20-21,23-24,26,35,38,42,44,48,50,63,66H,3-5,7,9-11,13,15-17,19,22,25,27-34,36-37,39-41,43,45-47,49,51-62H2,1-2H3/b8-6-,14-12-,20-18-,23-21-,26-24-,38-35-,44-42-,50-48-. The van der Waals surface area contributed by atoms with Gasteiger partial charge in [0, 0.05) is 12.8 Å². The number of esters is 2. The molecule has 0 aromatic heterocycles. The van der Waals surface area contributed by atoms with Crippen LogP contribution in [0.25, 0.3) is 0 Å². The molecule has 0 saturated carbocycles. The Balaban J connectivity index is 3.53. The second-order valence-electron chi connectivity index (χ2n) is 19.7. The van der Waals surface area contributed by atoms with Crippen LogP contribution >= 0.6 is 0 Å². The molecule has 0 aliphatic carbocycles. The van der Waals surface area contributed by atoms with Gasteiger partial charge in [0.05, 0.1) is 6.61 Å². The molecule has 5 nitrogen and oxygen atoms in total. The van der Waals surface area contributed by atoms with Crippen LogP contribution < -0.4 is 0 Å². The van der Waals surface area contributed by atoms with E-state index in [4.69, 9.17) is 9.47 Å². The van der Waals surface area contributed by atoms with Gasteiger partial charge in [0.2, 0.25) is 0 Å². The molecule has 0 rings (SSSR count). The number of hydrogen-bond acceptors (Lipinski definition) is 5. The van der Waals surface area contributed by atoms with Crippen molar-refractivity contribution >= 4 is 11.9 Å². The highest BCUT2D eigenvalue weighted by atomic mass is 16.6. The van der Waals surface area contributed by atoms with Crippen LogP contribution in [0.2, 0.25) is 0 Å². The van der Waals surface area contributed by atoms with E-state index in [0.717, 1.165) is 89.9 Å². The molecule has 1 N–H and O–H groups in total. The monoisotopic (exact) mass is 973 g/mol. The van der Waals surface area contributed by atoms with Gasteiger partial charge in [-0.15, -0.1) is 0 Å². The smallest absolute Gasteiger partial charge is 0.306 e. The molecule has 0 saturated heterocycles. The molecule has 0 aromatic rings. The number of carbonyl (C=O) groups excluding carboxylic acids is 2. The third kappa shape index (κ3) is 57.4. The van der Waals surface area contributed by atoms with Gasteiger partial charge in [0.15, 0.2) is 6.10 Å². The fraction of sp³-hybridized carbons (Fsp3) is 0.723. The van der Waals surface area contributed by atoms with E-state index < -0.39 is 6.10 Å². The zero-order valence-electron chi connectivity index (χ0n) is 46.0. The van der Waals surface area contributed by atoms with Gasteiger partial charge in [0.1, 0.15) is 6.61 Å². The van der Waals surface area contributed by atoms with Crippen molar-refractivity contribution in [2.24, 2.45) is 0 Å². The van der Waals surface area contributed by atoms with Crippen LogP contribution in [0, 0.1) is 0 Å². The van der Waals surface area contributed by atoms with E-state index in [2.05, 4.69) is 111 Å². The van der Waals surface area contributed by atoms with Crippen molar-refractivity contribution in [3.05, 3.63) is 97.2 Å². The fourth-order valence-electron chi connectivity index (χ4n) is 8.41. The maximum atomic E-state index is 12.3. The average molecular weight is 974 g/mol. The summed E-state index contributed by atoms with van der Waals surface area (Å²) in [7, 11) is 0. The fourth-order valence-corrected chi connectivity index (χ4v) is 8.41. The average Bonchev–Trinajstić information content (AvgIpc) is 3.36. The lowest BCUT2D eigenvalue weighted by Gasteiger charge is -2.15.